The van der Waals surface area contributed by atoms with Gasteiger partial charge < -0.3 is 21.1 Å². The van der Waals surface area contributed by atoms with Gasteiger partial charge in [-0.1, -0.05) is 11.6 Å². The maximum atomic E-state index is 11.8. The van der Waals surface area contributed by atoms with Gasteiger partial charge in [-0.2, -0.15) is 0 Å². The number of hydrogen-bond donors (Lipinski definition) is 3. The highest BCUT2D eigenvalue weighted by Gasteiger charge is 2.05. The number of amides is 2. The number of halogens is 1. The standard InChI is InChI=1S/C14H14ClN3O2/c1-20-13-8-11(6-7-12(13)16)18-14(19)17-10-4-2-9(15)3-5-10/h2-8H,16H2,1H3,(H2,17,18,19). The van der Waals surface area contributed by atoms with Crippen LogP contribution in [0.4, 0.5) is 21.9 Å². The van der Waals surface area contributed by atoms with E-state index in [0.29, 0.717) is 27.8 Å². The SMILES string of the molecule is COc1cc(NC(=O)Nc2ccc(Cl)cc2)ccc1N. The molecule has 104 valence electrons. The lowest BCUT2D eigenvalue weighted by Gasteiger charge is -2.10. The Morgan fingerprint density at radius 1 is 1.10 bits per heavy atom. The second-order valence-corrected chi connectivity index (χ2v) is 4.48. The van der Waals surface area contributed by atoms with Crippen LogP contribution in [-0.2, 0) is 0 Å². The maximum Gasteiger partial charge on any atom is 0.323 e. The molecule has 2 rings (SSSR count). The van der Waals surface area contributed by atoms with Crippen LogP contribution in [0.2, 0.25) is 5.02 Å². The van der Waals surface area contributed by atoms with E-state index in [9.17, 15) is 4.79 Å². The Kier molecular flexibility index (Phi) is 4.32. The largest absolute Gasteiger partial charge is 0.495 e. The Hall–Kier alpha value is -2.40. The monoisotopic (exact) mass is 291 g/mol. The molecule has 0 atom stereocenters. The number of nitrogen functional groups attached to an aromatic ring is 1. The average Bonchev–Trinajstić information content (AvgIpc) is 2.43. The van der Waals surface area contributed by atoms with E-state index in [1.807, 2.05) is 0 Å². The summed E-state index contributed by atoms with van der Waals surface area (Å²) in [4.78, 5) is 11.8. The van der Waals surface area contributed by atoms with Crippen LogP contribution in [0.5, 0.6) is 5.75 Å². The summed E-state index contributed by atoms with van der Waals surface area (Å²) >= 11 is 5.77. The lowest BCUT2D eigenvalue weighted by Crippen LogP contribution is -2.19. The van der Waals surface area contributed by atoms with E-state index in [1.165, 1.54) is 7.11 Å². The molecule has 4 N–H and O–H groups in total. The predicted octanol–water partition coefficient (Wildman–Crippen LogP) is 3.57. The molecule has 5 nitrogen and oxygen atoms in total. The first-order valence-corrected chi connectivity index (χ1v) is 6.23. The second-order valence-electron chi connectivity index (χ2n) is 4.04. The molecule has 0 fully saturated rings. The number of ether oxygens (including phenoxy) is 1. The predicted molar refractivity (Wildman–Crippen MR) is 81.5 cm³/mol. The van der Waals surface area contributed by atoms with Crippen LogP contribution in [0.1, 0.15) is 0 Å². The Labute approximate surface area is 121 Å². The third-order valence-corrected chi connectivity index (χ3v) is 2.85. The van der Waals surface area contributed by atoms with Gasteiger partial charge >= 0.3 is 6.03 Å². The second kappa shape index (κ2) is 6.16. The summed E-state index contributed by atoms with van der Waals surface area (Å²) in [5.74, 6) is 0.509. The molecule has 6 heteroatoms. The van der Waals surface area contributed by atoms with E-state index in [0.717, 1.165) is 0 Å². The Morgan fingerprint density at radius 2 is 1.70 bits per heavy atom. The molecule has 0 saturated carbocycles. The normalized spacial score (nSPS) is 9.90. The summed E-state index contributed by atoms with van der Waals surface area (Å²) in [5.41, 5.74) is 7.45. The van der Waals surface area contributed by atoms with E-state index in [4.69, 9.17) is 22.1 Å². The molecule has 0 bridgehead atoms. The minimum Gasteiger partial charge on any atom is -0.495 e. The topological polar surface area (TPSA) is 76.4 Å². The highest BCUT2D eigenvalue weighted by atomic mass is 35.5. The molecule has 0 saturated heterocycles. The molecule has 2 amide bonds. The van der Waals surface area contributed by atoms with Crippen molar-refractivity contribution in [2.24, 2.45) is 0 Å². The molecule has 0 unspecified atom stereocenters. The van der Waals surface area contributed by atoms with E-state index in [1.54, 1.807) is 42.5 Å². The van der Waals surface area contributed by atoms with Crippen molar-refractivity contribution in [2.75, 3.05) is 23.5 Å². The van der Waals surface area contributed by atoms with Crippen LogP contribution in [0.3, 0.4) is 0 Å². The van der Waals surface area contributed by atoms with E-state index in [-0.39, 0.29) is 6.03 Å². The lowest BCUT2D eigenvalue weighted by molar-refractivity contribution is 0.262. The van der Waals surface area contributed by atoms with E-state index >= 15 is 0 Å². The molecular formula is C14H14ClN3O2. The van der Waals surface area contributed by atoms with Gasteiger partial charge in [-0.15, -0.1) is 0 Å². The van der Waals surface area contributed by atoms with Crippen molar-refractivity contribution < 1.29 is 9.53 Å². The smallest absolute Gasteiger partial charge is 0.323 e. The molecule has 0 spiro atoms. The Bertz CT molecular complexity index is 614. The number of rotatable bonds is 3. The zero-order valence-electron chi connectivity index (χ0n) is 10.8. The summed E-state index contributed by atoms with van der Waals surface area (Å²) in [5, 5.41) is 5.99. The quantitative estimate of drug-likeness (QED) is 0.757. The molecule has 0 aliphatic heterocycles. The zero-order chi connectivity index (χ0) is 14.5. The van der Waals surface area contributed by atoms with Crippen LogP contribution in [0, 0.1) is 0 Å². The molecule has 2 aromatic rings. The van der Waals surface area contributed by atoms with Gasteiger partial charge in [0.25, 0.3) is 0 Å². The molecule has 0 heterocycles. The summed E-state index contributed by atoms with van der Waals surface area (Å²) in [6, 6.07) is 11.5. The van der Waals surface area contributed by atoms with E-state index in [2.05, 4.69) is 10.6 Å². The number of hydrogen-bond acceptors (Lipinski definition) is 3. The first-order valence-electron chi connectivity index (χ1n) is 5.85. The van der Waals surface area contributed by atoms with E-state index < -0.39 is 0 Å². The first-order chi connectivity index (χ1) is 9.58. The minimum atomic E-state index is -0.362. The number of nitrogens with two attached hydrogens (primary N) is 1. The van der Waals surface area contributed by atoms with Gasteiger partial charge in [0.15, 0.2) is 0 Å². The van der Waals surface area contributed by atoms with Crippen molar-refractivity contribution in [1.29, 1.82) is 0 Å². The van der Waals surface area contributed by atoms with Crippen molar-refractivity contribution in [3.63, 3.8) is 0 Å². The van der Waals surface area contributed by atoms with Gasteiger partial charge in [0.05, 0.1) is 12.8 Å². The van der Waals surface area contributed by atoms with Crippen molar-refractivity contribution in [3.05, 3.63) is 47.5 Å². The zero-order valence-corrected chi connectivity index (χ0v) is 11.6. The van der Waals surface area contributed by atoms with Crippen LogP contribution in [0.15, 0.2) is 42.5 Å². The molecule has 0 aromatic heterocycles. The highest BCUT2D eigenvalue weighted by Crippen LogP contribution is 2.25. The molecule has 20 heavy (non-hydrogen) atoms. The highest BCUT2D eigenvalue weighted by molar-refractivity contribution is 6.30. The van der Waals surface area contributed by atoms with Crippen LogP contribution in [0.25, 0.3) is 0 Å². The third-order valence-electron chi connectivity index (χ3n) is 2.59. The molecule has 2 aromatic carbocycles. The van der Waals surface area contributed by atoms with Gasteiger partial charge in [0.1, 0.15) is 5.75 Å². The van der Waals surface area contributed by atoms with Gasteiger partial charge in [0, 0.05) is 22.5 Å². The fraction of sp³-hybridized carbons (Fsp3) is 0.0714. The number of methoxy groups -OCH3 is 1. The van der Waals surface area contributed by atoms with Gasteiger partial charge in [-0.05, 0) is 36.4 Å². The van der Waals surface area contributed by atoms with Crippen molar-refractivity contribution >= 4 is 34.7 Å². The third kappa shape index (κ3) is 3.55. The number of benzene rings is 2. The van der Waals surface area contributed by atoms with Crippen molar-refractivity contribution in [3.8, 4) is 5.75 Å². The maximum absolute atomic E-state index is 11.8. The molecule has 0 aliphatic carbocycles. The summed E-state index contributed by atoms with van der Waals surface area (Å²) < 4.78 is 5.09. The number of urea groups is 1. The minimum absolute atomic E-state index is 0.362. The molecule has 0 radical (unpaired) electrons. The van der Waals surface area contributed by atoms with Crippen LogP contribution >= 0.6 is 11.6 Å². The fourth-order valence-corrected chi connectivity index (χ4v) is 1.74. The molecule has 0 aliphatic rings. The fourth-order valence-electron chi connectivity index (χ4n) is 1.62. The first kappa shape index (κ1) is 14.0. The Balaban J connectivity index is 2.02. The Morgan fingerprint density at radius 3 is 2.35 bits per heavy atom. The summed E-state index contributed by atoms with van der Waals surface area (Å²) in [6.07, 6.45) is 0. The summed E-state index contributed by atoms with van der Waals surface area (Å²) in [7, 11) is 1.52. The van der Waals surface area contributed by atoms with Gasteiger partial charge in [-0.3, -0.25) is 0 Å². The number of carbonyl (C=O) groups excluding carboxylic acids is 1. The van der Waals surface area contributed by atoms with Gasteiger partial charge in [-0.25, -0.2) is 4.79 Å². The number of anilines is 3. The summed E-state index contributed by atoms with van der Waals surface area (Å²) in [6.45, 7) is 0. The van der Waals surface area contributed by atoms with Crippen molar-refractivity contribution in [1.82, 2.24) is 0 Å². The number of nitrogens with one attached hydrogen (secondary N) is 2. The van der Waals surface area contributed by atoms with Crippen LogP contribution in [-0.4, -0.2) is 13.1 Å². The lowest BCUT2D eigenvalue weighted by atomic mass is 10.2. The number of carbonyl (C=O) groups is 1. The molecular weight excluding hydrogens is 278 g/mol. The van der Waals surface area contributed by atoms with Crippen molar-refractivity contribution in [2.45, 2.75) is 0 Å². The van der Waals surface area contributed by atoms with Gasteiger partial charge in [0.2, 0.25) is 0 Å². The van der Waals surface area contributed by atoms with Crippen LogP contribution < -0.4 is 21.1 Å². The average molecular weight is 292 g/mol.